The number of fused-ring (bicyclic) bond motifs is 2. The fraction of sp³-hybridized carbons (Fsp3) is 0.312. The number of hydrogen-bond donors (Lipinski definition) is 0. The van der Waals surface area contributed by atoms with Gasteiger partial charge in [0, 0.05) is 22.3 Å². The minimum Gasteiger partial charge on any atom is -0.495 e. The Balaban J connectivity index is 1.92. The topological polar surface area (TPSA) is 46.4 Å². The van der Waals surface area contributed by atoms with Gasteiger partial charge in [-0.25, -0.2) is 14.9 Å². The second kappa shape index (κ2) is 4.75. The molecule has 0 spiro atoms. The van der Waals surface area contributed by atoms with Gasteiger partial charge in [0.25, 0.3) is 5.72 Å². The third-order valence-corrected chi connectivity index (χ3v) is 5.07. The molecule has 0 aliphatic carbocycles. The number of nitrogens with zero attached hydrogens (tertiary/aromatic N) is 2. The van der Waals surface area contributed by atoms with Crippen LogP contribution in [0.4, 0.5) is 0 Å². The van der Waals surface area contributed by atoms with Crippen molar-refractivity contribution < 1.29 is 14.3 Å². The van der Waals surface area contributed by atoms with Gasteiger partial charge in [0.1, 0.15) is 11.5 Å². The van der Waals surface area contributed by atoms with E-state index in [1.54, 1.807) is 18.2 Å². The van der Waals surface area contributed by atoms with Crippen molar-refractivity contribution >= 4 is 33.2 Å². The molecule has 3 heterocycles. The van der Waals surface area contributed by atoms with Crippen molar-refractivity contribution in [2.24, 2.45) is 4.99 Å². The second-order valence-corrected chi connectivity index (χ2v) is 7.17. The van der Waals surface area contributed by atoms with Crippen molar-refractivity contribution in [2.75, 3.05) is 7.11 Å². The summed E-state index contributed by atoms with van der Waals surface area (Å²) in [6.07, 6.45) is 5.59. The summed E-state index contributed by atoms with van der Waals surface area (Å²) in [5, 5.41) is 2.30. The molecule has 5 nitrogen and oxygen atoms in total. The van der Waals surface area contributed by atoms with Crippen molar-refractivity contribution in [3.05, 3.63) is 51.3 Å². The van der Waals surface area contributed by atoms with Crippen LogP contribution in [0.5, 0.6) is 5.75 Å². The van der Waals surface area contributed by atoms with Gasteiger partial charge in [0.05, 0.1) is 12.1 Å². The first-order valence-corrected chi connectivity index (χ1v) is 8.25. The Morgan fingerprint density at radius 3 is 2.87 bits per heavy atom. The fourth-order valence-corrected chi connectivity index (χ4v) is 3.38. The van der Waals surface area contributed by atoms with E-state index in [0.29, 0.717) is 16.5 Å². The molecule has 1 aromatic carbocycles. The first kappa shape index (κ1) is 15.1. The first-order chi connectivity index (χ1) is 10.9. The zero-order valence-electron chi connectivity index (χ0n) is 12.8. The summed E-state index contributed by atoms with van der Waals surface area (Å²) in [4.78, 5) is 10.6. The lowest BCUT2D eigenvalue weighted by molar-refractivity contribution is 0.113. The largest absolute Gasteiger partial charge is 0.495 e. The maximum atomic E-state index is 6.22. The number of hydroxylamine groups is 2. The Morgan fingerprint density at radius 1 is 1.35 bits per heavy atom. The van der Waals surface area contributed by atoms with Crippen LogP contribution >= 0.6 is 27.5 Å². The maximum Gasteiger partial charge on any atom is 0.290 e. The molecule has 120 valence electrons. The highest BCUT2D eigenvalue weighted by Gasteiger charge is 2.65. The summed E-state index contributed by atoms with van der Waals surface area (Å²) in [6, 6.07) is 3.68. The average Bonchev–Trinajstić information content (AvgIpc) is 3.23. The van der Waals surface area contributed by atoms with Gasteiger partial charge in [0.2, 0.25) is 0 Å². The monoisotopic (exact) mass is 396 g/mol. The molecule has 1 fully saturated rings. The van der Waals surface area contributed by atoms with Crippen molar-refractivity contribution in [1.29, 1.82) is 0 Å². The molecule has 3 aliphatic rings. The highest BCUT2D eigenvalue weighted by Crippen LogP contribution is 2.50. The van der Waals surface area contributed by atoms with Gasteiger partial charge in [-0.05, 0) is 48.0 Å². The van der Waals surface area contributed by atoms with Crippen molar-refractivity contribution in [3.8, 4) is 5.75 Å². The lowest BCUT2D eigenvalue weighted by Gasteiger charge is -2.32. The number of benzene rings is 1. The van der Waals surface area contributed by atoms with Crippen LogP contribution in [0.25, 0.3) is 0 Å². The van der Waals surface area contributed by atoms with Crippen molar-refractivity contribution in [1.82, 2.24) is 5.06 Å². The summed E-state index contributed by atoms with van der Waals surface area (Å²) in [7, 11) is 1.62. The molecule has 0 aromatic heterocycles. The van der Waals surface area contributed by atoms with Crippen molar-refractivity contribution in [3.63, 3.8) is 0 Å². The molecule has 1 atom stereocenters. The highest BCUT2D eigenvalue weighted by atomic mass is 79.9. The van der Waals surface area contributed by atoms with E-state index in [4.69, 9.17) is 30.9 Å². The molecule has 0 amide bonds. The summed E-state index contributed by atoms with van der Waals surface area (Å²) in [5.41, 5.74) is -0.0155. The van der Waals surface area contributed by atoms with E-state index in [1.807, 2.05) is 38.3 Å². The molecular formula is C16H14BrClN2O3. The van der Waals surface area contributed by atoms with E-state index in [1.165, 1.54) is 0 Å². The molecule has 0 radical (unpaired) electrons. The Hall–Kier alpha value is -1.50. The van der Waals surface area contributed by atoms with Gasteiger partial charge in [0.15, 0.2) is 11.5 Å². The predicted octanol–water partition coefficient (Wildman–Crippen LogP) is 4.02. The van der Waals surface area contributed by atoms with Crippen LogP contribution < -0.4 is 4.74 Å². The normalized spacial score (nSPS) is 26.6. The molecule has 3 aliphatic heterocycles. The zero-order chi connectivity index (χ0) is 16.4. The molecular weight excluding hydrogens is 384 g/mol. The highest BCUT2D eigenvalue weighted by molar-refractivity contribution is 9.10. The van der Waals surface area contributed by atoms with Crippen LogP contribution in [0.1, 0.15) is 19.4 Å². The van der Waals surface area contributed by atoms with Gasteiger partial charge in [-0.15, -0.1) is 0 Å². The minimum atomic E-state index is -0.841. The smallest absolute Gasteiger partial charge is 0.290 e. The number of hydrogen-bond acceptors (Lipinski definition) is 5. The van der Waals surface area contributed by atoms with Crippen LogP contribution in [0, 0.1) is 0 Å². The summed E-state index contributed by atoms with van der Waals surface area (Å²) < 4.78 is 12.3. The number of methoxy groups -OCH3 is 1. The van der Waals surface area contributed by atoms with E-state index in [9.17, 15) is 0 Å². The molecule has 23 heavy (non-hydrogen) atoms. The predicted molar refractivity (Wildman–Crippen MR) is 90.3 cm³/mol. The lowest BCUT2D eigenvalue weighted by atomic mass is 9.95. The van der Waals surface area contributed by atoms with Gasteiger partial charge in [-0.2, -0.15) is 0 Å². The summed E-state index contributed by atoms with van der Waals surface area (Å²) in [5.74, 6) is 1.34. The first-order valence-electron chi connectivity index (χ1n) is 7.07. The van der Waals surface area contributed by atoms with Gasteiger partial charge in [-0.3, -0.25) is 0 Å². The third-order valence-electron chi connectivity index (χ3n) is 3.87. The molecule has 0 saturated carbocycles. The number of allylic oxidation sites excluding steroid dienone is 2. The quantitative estimate of drug-likeness (QED) is 0.707. The SMILES string of the molecule is COC1=CC=CN2OC12C1=NC(C)(C)Oc2cc(Cl)c(Br)cc21. The van der Waals surface area contributed by atoms with Crippen LogP contribution in [0.2, 0.25) is 5.02 Å². The molecule has 0 bridgehead atoms. The van der Waals surface area contributed by atoms with Gasteiger partial charge in [-0.1, -0.05) is 11.6 Å². The average molecular weight is 398 g/mol. The van der Waals surface area contributed by atoms with Crippen LogP contribution in [-0.2, 0) is 9.57 Å². The van der Waals surface area contributed by atoms with Gasteiger partial charge >= 0.3 is 0 Å². The van der Waals surface area contributed by atoms with E-state index in [-0.39, 0.29) is 0 Å². The number of halogens is 2. The van der Waals surface area contributed by atoms with Crippen LogP contribution in [0.3, 0.4) is 0 Å². The van der Waals surface area contributed by atoms with Crippen LogP contribution in [-0.4, -0.2) is 29.3 Å². The standard InChI is InChI=1S/C16H14BrClN2O3/c1-15(2)19-14(9-7-10(17)11(18)8-12(9)22-15)16-13(21-3)5-4-6-20(16)23-16/h4-8H,1-3H3. The van der Waals surface area contributed by atoms with E-state index >= 15 is 0 Å². The van der Waals surface area contributed by atoms with E-state index in [2.05, 4.69) is 15.9 Å². The van der Waals surface area contributed by atoms with Crippen molar-refractivity contribution in [2.45, 2.75) is 25.3 Å². The minimum absolute atomic E-state index is 0.581. The summed E-state index contributed by atoms with van der Waals surface area (Å²) >= 11 is 9.68. The second-order valence-electron chi connectivity index (χ2n) is 5.91. The van der Waals surface area contributed by atoms with Crippen LogP contribution in [0.15, 0.2) is 45.7 Å². The lowest BCUT2D eigenvalue weighted by Crippen LogP contribution is -2.41. The zero-order valence-corrected chi connectivity index (χ0v) is 15.1. The molecule has 7 heteroatoms. The number of aliphatic imine (C=N–C) groups is 1. The Morgan fingerprint density at radius 2 is 2.13 bits per heavy atom. The van der Waals surface area contributed by atoms with Gasteiger partial charge < -0.3 is 9.47 Å². The van der Waals surface area contributed by atoms with E-state index < -0.39 is 11.4 Å². The number of ether oxygens (including phenoxy) is 2. The Labute approximate surface area is 147 Å². The molecule has 1 aromatic rings. The third kappa shape index (κ3) is 2.12. The molecule has 4 rings (SSSR count). The molecule has 1 saturated heterocycles. The maximum absolute atomic E-state index is 6.22. The molecule has 0 N–H and O–H groups in total. The Kier molecular flexibility index (Phi) is 3.11. The molecule has 1 unspecified atom stereocenters. The fourth-order valence-electron chi connectivity index (χ4n) is 2.88. The summed E-state index contributed by atoms with van der Waals surface area (Å²) in [6.45, 7) is 3.79. The number of rotatable bonds is 2. The van der Waals surface area contributed by atoms with E-state index in [0.717, 1.165) is 15.7 Å². The Bertz CT molecular complexity index is 803.